The maximum absolute atomic E-state index is 5.57. The van der Waals surface area contributed by atoms with Crippen LogP contribution in [0.4, 0.5) is 0 Å². The van der Waals surface area contributed by atoms with Crippen molar-refractivity contribution in [3.8, 4) is 11.1 Å². The summed E-state index contributed by atoms with van der Waals surface area (Å²) < 4.78 is 0. The van der Waals surface area contributed by atoms with Crippen LogP contribution in [0.1, 0.15) is 25.8 Å². The Balaban J connectivity index is 1.68. The molecule has 0 unspecified atom stereocenters. The van der Waals surface area contributed by atoms with E-state index in [1.54, 1.807) is 0 Å². The van der Waals surface area contributed by atoms with Crippen molar-refractivity contribution in [2.24, 2.45) is 0 Å². The SMILES string of the molecule is CC1(C)C[C@@H](Cc2ccc(-c3ccccc3)cc2)NO1. The van der Waals surface area contributed by atoms with Crippen LogP contribution >= 0.6 is 0 Å². The Hall–Kier alpha value is -1.64. The largest absolute Gasteiger partial charge is 0.295 e. The number of hydrogen-bond acceptors (Lipinski definition) is 2. The molecule has 1 heterocycles. The molecule has 0 radical (unpaired) electrons. The first kappa shape index (κ1) is 13.3. The van der Waals surface area contributed by atoms with Crippen molar-refractivity contribution in [3.63, 3.8) is 0 Å². The normalized spacial score (nSPS) is 21.0. The molecule has 3 rings (SSSR count). The second kappa shape index (κ2) is 5.39. The smallest absolute Gasteiger partial charge is 0.0856 e. The second-order valence-corrected chi connectivity index (χ2v) is 6.15. The van der Waals surface area contributed by atoms with Crippen LogP contribution in [-0.4, -0.2) is 11.6 Å². The zero-order valence-corrected chi connectivity index (χ0v) is 12.1. The van der Waals surface area contributed by atoms with Gasteiger partial charge in [-0.1, -0.05) is 54.6 Å². The molecule has 2 heteroatoms. The summed E-state index contributed by atoms with van der Waals surface area (Å²) in [5, 5.41) is 0. The van der Waals surface area contributed by atoms with Crippen molar-refractivity contribution in [1.82, 2.24) is 5.48 Å². The van der Waals surface area contributed by atoms with Crippen LogP contribution in [-0.2, 0) is 11.3 Å². The van der Waals surface area contributed by atoms with E-state index in [1.807, 2.05) is 6.07 Å². The zero-order chi connectivity index (χ0) is 14.0. The third-order valence-electron chi connectivity index (χ3n) is 3.78. The van der Waals surface area contributed by atoms with Crippen molar-refractivity contribution in [1.29, 1.82) is 0 Å². The van der Waals surface area contributed by atoms with Gasteiger partial charge >= 0.3 is 0 Å². The predicted molar refractivity (Wildman–Crippen MR) is 82.3 cm³/mol. The van der Waals surface area contributed by atoms with Gasteiger partial charge in [0, 0.05) is 6.04 Å². The Morgan fingerprint density at radius 3 is 2.25 bits per heavy atom. The highest BCUT2D eigenvalue weighted by Crippen LogP contribution is 2.25. The first-order chi connectivity index (χ1) is 9.62. The van der Waals surface area contributed by atoms with E-state index in [4.69, 9.17) is 4.84 Å². The van der Waals surface area contributed by atoms with Crippen molar-refractivity contribution >= 4 is 0 Å². The molecule has 0 amide bonds. The van der Waals surface area contributed by atoms with E-state index >= 15 is 0 Å². The first-order valence-electron chi connectivity index (χ1n) is 7.20. The lowest BCUT2D eigenvalue weighted by Gasteiger charge is -2.13. The third kappa shape index (κ3) is 3.09. The molecule has 0 aromatic heterocycles. The fourth-order valence-corrected chi connectivity index (χ4v) is 2.78. The molecule has 1 atom stereocenters. The van der Waals surface area contributed by atoms with Gasteiger partial charge in [0.1, 0.15) is 0 Å². The monoisotopic (exact) mass is 267 g/mol. The Kier molecular flexibility index (Phi) is 3.60. The Morgan fingerprint density at radius 2 is 1.65 bits per heavy atom. The van der Waals surface area contributed by atoms with E-state index in [9.17, 15) is 0 Å². The van der Waals surface area contributed by atoms with Gasteiger partial charge < -0.3 is 0 Å². The molecule has 104 valence electrons. The molecule has 0 aliphatic carbocycles. The number of hydrogen-bond donors (Lipinski definition) is 1. The van der Waals surface area contributed by atoms with Crippen LogP contribution in [0.15, 0.2) is 54.6 Å². The Morgan fingerprint density at radius 1 is 1.00 bits per heavy atom. The van der Waals surface area contributed by atoms with E-state index in [1.165, 1.54) is 16.7 Å². The Bertz CT molecular complexity index is 560. The molecule has 0 saturated carbocycles. The summed E-state index contributed by atoms with van der Waals surface area (Å²) in [7, 11) is 0. The summed E-state index contributed by atoms with van der Waals surface area (Å²) in [5.41, 5.74) is 6.98. The molecular weight excluding hydrogens is 246 g/mol. The fourth-order valence-electron chi connectivity index (χ4n) is 2.78. The summed E-state index contributed by atoms with van der Waals surface area (Å²) in [5.74, 6) is 0. The lowest BCUT2D eigenvalue weighted by molar-refractivity contribution is -0.0311. The minimum atomic E-state index is -0.0470. The van der Waals surface area contributed by atoms with Gasteiger partial charge in [-0.25, -0.2) is 0 Å². The van der Waals surface area contributed by atoms with Gasteiger partial charge in [0.2, 0.25) is 0 Å². The molecule has 0 bridgehead atoms. The maximum atomic E-state index is 5.57. The van der Waals surface area contributed by atoms with Gasteiger partial charge in [0.25, 0.3) is 0 Å². The summed E-state index contributed by atoms with van der Waals surface area (Å²) in [6.45, 7) is 4.25. The molecule has 20 heavy (non-hydrogen) atoms. The van der Waals surface area contributed by atoms with E-state index < -0.39 is 0 Å². The van der Waals surface area contributed by atoms with Crippen molar-refractivity contribution in [2.45, 2.75) is 38.3 Å². The van der Waals surface area contributed by atoms with Gasteiger partial charge in [-0.2, -0.15) is 5.48 Å². The van der Waals surface area contributed by atoms with Crippen molar-refractivity contribution < 1.29 is 4.84 Å². The van der Waals surface area contributed by atoms with Crippen LogP contribution in [0.25, 0.3) is 11.1 Å². The number of rotatable bonds is 3. The van der Waals surface area contributed by atoms with E-state index in [0.29, 0.717) is 6.04 Å². The minimum absolute atomic E-state index is 0.0470. The van der Waals surface area contributed by atoms with E-state index in [0.717, 1.165) is 12.8 Å². The molecular formula is C18H21NO. The second-order valence-electron chi connectivity index (χ2n) is 6.15. The summed E-state index contributed by atoms with van der Waals surface area (Å²) in [6, 6.07) is 19.7. The van der Waals surface area contributed by atoms with Gasteiger partial charge in [-0.3, -0.25) is 4.84 Å². The maximum Gasteiger partial charge on any atom is 0.0856 e. The molecule has 1 saturated heterocycles. The molecule has 1 aliphatic heterocycles. The van der Waals surface area contributed by atoms with Gasteiger partial charge in [0.05, 0.1) is 5.60 Å². The van der Waals surface area contributed by atoms with Gasteiger partial charge in [-0.15, -0.1) is 0 Å². The summed E-state index contributed by atoms with van der Waals surface area (Å²) >= 11 is 0. The molecule has 1 aliphatic rings. The third-order valence-corrected chi connectivity index (χ3v) is 3.78. The highest BCUT2D eigenvalue weighted by Gasteiger charge is 2.31. The summed E-state index contributed by atoms with van der Waals surface area (Å²) in [4.78, 5) is 5.57. The molecule has 2 aromatic carbocycles. The highest BCUT2D eigenvalue weighted by atomic mass is 16.7. The van der Waals surface area contributed by atoms with Crippen LogP contribution in [0, 0.1) is 0 Å². The molecule has 1 N–H and O–H groups in total. The lowest BCUT2D eigenvalue weighted by Crippen LogP contribution is -2.22. The molecule has 0 spiro atoms. The molecule has 2 aromatic rings. The number of nitrogens with one attached hydrogen (secondary N) is 1. The van der Waals surface area contributed by atoms with Gasteiger partial charge in [0.15, 0.2) is 0 Å². The number of hydroxylamine groups is 1. The Labute approximate surface area is 120 Å². The zero-order valence-electron chi connectivity index (χ0n) is 12.1. The van der Waals surface area contributed by atoms with Crippen LogP contribution in [0.5, 0.6) is 0 Å². The van der Waals surface area contributed by atoms with E-state index in [-0.39, 0.29) is 5.60 Å². The average molecular weight is 267 g/mol. The van der Waals surface area contributed by atoms with Crippen LogP contribution in [0.2, 0.25) is 0 Å². The topological polar surface area (TPSA) is 21.3 Å². The highest BCUT2D eigenvalue weighted by molar-refractivity contribution is 5.63. The van der Waals surface area contributed by atoms with E-state index in [2.05, 4.69) is 67.9 Å². The average Bonchev–Trinajstić information content (AvgIpc) is 2.80. The van der Waals surface area contributed by atoms with Crippen molar-refractivity contribution in [3.05, 3.63) is 60.2 Å². The van der Waals surface area contributed by atoms with Gasteiger partial charge in [-0.05, 0) is 43.4 Å². The van der Waals surface area contributed by atoms with Crippen LogP contribution < -0.4 is 5.48 Å². The fraction of sp³-hybridized carbons (Fsp3) is 0.333. The van der Waals surface area contributed by atoms with Crippen LogP contribution in [0.3, 0.4) is 0 Å². The molecule has 1 fully saturated rings. The predicted octanol–water partition coefficient (Wildman–Crippen LogP) is 3.97. The standard InChI is InChI=1S/C18H21NO/c1-18(2)13-17(19-20-18)12-14-8-10-16(11-9-14)15-6-4-3-5-7-15/h3-11,17,19H,12-13H2,1-2H3/t17-/m1/s1. The lowest BCUT2D eigenvalue weighted by atomic mass is 9.95. The van der Waals surface area contributed by atoms with Crippen molar-refractivity contribution in [2.75, 3.05) is 0 Å². The molecule has 2 nitrogen and oxygen atoms in total. The minimum Gasteiger partial charge on any atom is -0.295 e. The summed E-state index contributed by atoms with van der Waals surface area (Å²) in [6.07, 6.45) is 2.06. The quantitative estimate of drug-likeness (QED) is 0.908. The first-order valence-corrected chi connectivity index (χ1v) is 7.20. The number of benzene rings is 2.